The van der Waals surface area contributed by atoms with Crippen molar-refractivity contribution in [1.82, 2.24) is 4.57 Å². The van der Waals surface area contributed by atoms with Crippen molar-refractivity contribution in [2.24, 2.45) is 0 Å². The van der Waals surface area contributed by atoms with Crippen molar-refractivity contribution >= 4 is 44.3 Å². The van der Waals surface area contributed by atoms with Crippen LogP contribution in [0, 0.1) is 6.92 Å². The molecule has 40 heavy (non-hydrogen) atoms. The summed E-state index contributed by atoms with van der Waals surface area (Å²) in [5.41, 5.74) is 5.34. The van der Waals surface area contributed by atoms with Gasteiger partial charge in [0.25, 0.3) is 5.82 Å². The van der Waals surface area contributed by atoms with Crippen LogP contribution in [0.5, 0.6) is 0 Å². The summed E-state index contributed by atoms with van der Waals surface area (Å²) in [6.07, 6.45) is 2.15. The molecule has 0 bridgehead atoms. The van der Waals surface area contributed by atoms with E-state index < -0.39 is 0 Å². The molecule has 5 nitrogen and oxygen atoms in total. The summed E-state index contributed by atoms with van der Waals surface area (Å²) >= 11 is 0. The lowest BCUT2D eigenvalue weighted by Gasteiger charge is -2.03. The van der Waals surface area contributed by atoms with Gasteiger partial charge in [-0.05, 0) is 42.5 Å². The molecule has 0 fully saturated rings. The summed E-state index contributed by atoms with van der Waals surface area (Å²) in [4.78, 5) is 13.2. The number of rotatable bonds is 7. The molecule has 7 aromatic rings. The van der Waals surface area contributed by atoms with Gasteiger partial charge >= 0.3 is 0 Å². The van der Waals surface area contributed by atoms with Crippen LogP contribution in [0.4, 0.5) is 0 Å². The van der Waals surface area contributed by atoms with E-state index in [1.807, 2.05) is 78.9 Å². The van der Waals surface area contributed by atoms with E-state index in [0.717, 1.165) is 55.9 Å². The molecule has 194 valence electrons. The summed E-state index contributed by atoms with van der Waals surface area (Å²) in [6, 6.07) is 37.8. The van der Waals surface area contributed by atoms with Crippen molar-refractivity contribution in [3.05, 3.63) is 144 Å². The molecule has 0 aliphatic rings. The van der Waals surface area contributed by atoms with Crippen LogP contribution in [0.1, 0.15) is 27.7 Å². The van der Waals surface area contributed by atoms with Crippen LogP contribution >= 0.6 is 0 Å². The summed E-state index contributed by atoms with van der Waals surface area (Å²) in [5, 5.41) is 2.08. The van der Waals surface area contributed by atoms with Crippen LogP contribution in [0.3, 0.4) is 0 Å². The lowest BCUT2D eigenvalue weighted by atomic mass is 10.1. The number of nitrogens with zero attached hydrogens (tertiary/aromatic N) is 2. The molecule has 0 spiro atoms. The summed E-state index contributed by atoms with van der Waals surface area (Å²) in [5.74, 6) is 2.58. The number of allylic oxidation sites excluding steroid dienone is 1. The predicted molar refractivity (Wildman–Crippen MR) is 157 cm³/mol. The van der Waals surface area contributed by atoms with Crippen molar-refractivity contribution in [2.75, 3.05) is 0 Å². The first-order valence-electron chi connectivity index (χ1n) is 13.4. The van der Waals surface area contributed by atoms with Gasteiger partial charge in [0.05, 0.1) is 5.57 Å². The highest BCUT2D eigenvalue weighted by molar-refractivity contribution is 5.95. The molecule has 0 atom stereocenters. The first-order chi connectivity index (χ1) is 19.7. The van der Waals surface area contributed by atoms with Gasteiger partial charge in [0.1, 0.15) is 29.2 Å². The Hall–Kier alpha value is -5.16. The van der Waals surface area contributed by atoms with Crippen molar-refractivity contribution in [3.63, 3.8) is 0 Å². The molecule has 0 amide bonds. The standard InChI is InChI=1S/C35H27N2O3/c1-24-36(29-15-7-8-16-30(29)37(24)23-31(38)25-11-3-2-4-12-25)20-19-28(34-21-26-13-5-9-17-32(26)39-34)35-22-27-14-6-10-18-33(27)40-35/h2-19,21-22H,20,23H2,1H3/q+1. The maximum Gasteiger partial charge on any atom is 0.254 e. The molecule has 7 rings (SSSR count). The lowest BCUT2D eigenvalue weighted by Crippen LogP contribution is -2.40. The number of hydrogen-bond donors (Lipinski definition) is 0. The van der Waals surface area contributed by atoms with Crippen molar-refractivity contribution < 1.29 is 18.2 Å². The number of ketones is 1. The molecule has 0 aliphatic heterocycles. The average molecular weight is 524 g/mol. The smallest absolute Gasteiger partial charge is 0.254 e. The lowest BCUT2D eigenvalue weighted by molar-refractivity contribution is -0.664. The number of fused-ring (bicyclic) bond motifs is 3. The molecule has 3 heterocycles. The van der Waals surface area contributed by atoms with Crippen LogP contribution in [-0.4, -0.2) is 10.4 Å². The maximum atomic E-state index is 13.2. The fourth-order valence-electron chi connectivity index (χ4n) is 5.44. The Kier molecular flexibility index (Phi) is 5.90. The van der Waals surface area contributed by atoms with Crippen molar-refractivity contribution in [3.8, 4) is 0 Å². The van der Waals surface area contributed by atoms with Gasteiger partial charge in [-0.1, -0.05) is 78.9 Å². The number of Topliss-reactive ketones (excluding diaryl/α,β-unsaturated/α-hetero) is 1. The van der Waals surface area contributed by atoms with Gasteiger partial charge in [0, 0.05) is 23.3 Å². The zero-order chi connectivity index (χ0) is 27.1. The average Bonchev–Trinajstić information content (AvgIpc) is 3.69. The fraction of sp³-hybridized carbons (Fsp3) is 0.0857. The van der Waals surface area contributed by atoms with E-state index in [9.17, 15) is 4.79 Å². The number of hydrogen-bond acceptors (Lipinski definition) is 3. The Labute approximate surface area is 231 Å². The van der Waals surface area contributed by atoms with Gasteiger partial charge in [-0.3, -0.25) is 4.79 Å². The maximum absolute atomic E-state index is 13.2. The van der Waals surface area contributed by atoms with Gasteiger partial charge in [0.15, 0.2) is 17.6 Å². The number of benzene rings is 4. The Morgan fingerprint density at radius 1 is 0.750 bits per heavy atom. The Morgan fingerprint density at radius 2 is 1.32 bits per heavy atom. The highest BCUT2D eigenvalue weighted by atomic mass is 16.4. The van der Waals surface area contributed by atoms with E-state index in [0.29, 0.717) is 12.1 Å². The van der Waals surface area contributed by atoms with Gasteiger partial charge in [0.2, 0.25) is 5.78 Å². The van der Waals surface area contributed by atoms with Crippen LogP contribution in [0.25, 0.3) is 38.5 Å². The summed E-state index contributed by atoms with van der Waals surface area (Å²) in [7, 11) is 0. The van der Waals surface area contributed by atoms with Crippen LogP contribution in [-0.2, 0) is 13.1 Å². The van der Waals surface area contributed by atoms with Crippen molar-refractivity contribution in [2.45, 2.75) is 20.0 Å². The highest BCUT2D eigenvalue weighted by Gasteiger charge is 2.24. The number of para-hydroxylation sites is 4. The summed E-state index contributed by atoms with van der Waals surface area (Å²) in [6.45, 7) is 2.91. The molecule has 0 unspecified atom stereocenters. The third-order valence-electron chi connectivity index (χ3n) is 7.50. The largest absolute Gasteiger partial charge is 0.456 e. The zero-order valence-electron chi connectivity index (χ0n) is 22.1. The van der Waals surface area contributed by atoms with E-state index in [2.05, 4.69) is 58.5 Å². The van der Waals surface area contributed by atoms with Crippen LogP contribution in [0.15, 0.2) is 130 Å². The minimum Gasteiger partial charge on any atom is -0.456 e. The third kappa shape index (κ3) is 4.22. The molecule has 0 saturated heterocycles. The number of carbonyl (C=O) groups is 1. The molecule has 0 aliphatic carbocycles. The minimum absolute atomic E-state index is 0.0809. The molecule has 0 N–H and O–H groups in total. The number of imidazole rings is 1. The summed E-state index contributed by atoms with van der Waals surface area (Å²) < 4.78 is 16.9. The second kappa shape index (κ2) is 9.86. The molecule has 0 radical (unpaired) electrons. The zero-order valence-corrected chi connectivity index (χ0v) is 22.1. The molecule has 3 aromatic heterocycles. The minimum atomic E-state index is 0.0809. The molecular weight excluding hydrogens is 496 g/mol. The quantitative estimate of drug-likeness (QED) is 0.159. The topological polar surface area (TPSA) is 52.2 Å². The molecular formula is C35H27N2O3+. The number of aromatic nitrogens is 2. The fourth-order valence-corrected chi connectivity index (χ4v) is 5.44. The van der Waals surface area contributed by atoms with E-state index >= 15 is 0 Å². The van der Waals surface area contributed by atoms with E-state index in [-0.39, 0.29) is 12.3 Å². The number of carbonyl (C=O) groups excluding carboxylic acids is 1. The van der Waals surface area contributed by atoms with E-state index in [4.69, 9.17) is 8.83 Å². The molecule has 4 aromatic carbocycles. The Bertz CT molecular complexity index is 1900. The van der Waals surface area contributed by atoms with Crippen molar-refractivity contribution in [1.29, 1.82) is 0 Å². The monoisotopic (exact) mass is 523 g/mol. The van der Waals surface area contributed by atoms with Gasteiger partial charge in [-0.25, -0.2) is 9.13 Å². The SMILES string of the molecule is Cc1n(CC=C(c2cc3ccccc3o2)c2cc3ccccc3o2)c2ccccc2[n+]1CC(=O)c1ccccc1. The van der Waals surface area contributed by atoms with E-state index in [1.54, 1.807) is 0 Å². The highest BCUT2D eigenvalue weighted by Crippen LogP contribution is 2.33. The first-order valence-corrected chi connectivity index (χ1v) is 13.4. The normalized spacial score (nSPS) is 11.4. The Balaban J connectivity index is 1.33. The van der Waals surface area contributed by atoms with Gasteiger partial charge in [-0.2, -0.15) is 0 Å². The first kappa shape index (κ1) is 23.9. The predicted octanol–water partition coefficient (Wildman–Crippen LogP) is 7.74. The molecule has 0 saturated carbocycles. The number of furan rings is 2. The second-order valence-corrected chi connectivity index (χ2v) is 9.94. The Morgan fingerprint density at radius 3 is 1.98 bits per heavy atom. The van der Waals surface area contributed by atoms with Gasteiger partial charge in [-0.15, -0.1) is 0 Å². The van der Waals surface area contributed by atoms with Crippen LogP contribution in [0.2, 0.25) is 0 Å². The third-order valence-corrected chi connectivity index (χ3v) is 7.50. The van der Waals surface area contributed by atoms with E-state index in [1.165, 1.54) is 0 Å². The van der Waals surface area contributed by atoms with Crippen LogP contribution < -0.4 is 4.57 Å². The second-order valence-electron chi connectivity index (χ2n) is 9.94. The molecule has 5 heteroatoms. The van der Waals surface area contributed by atoms with Gasteiger partial charge < -0.3 is 8.83 Å².